The average molecular weight is 261 g/mol. The van der Waals surface area contributed by atoms with Crippen LogP contribution in [0.2, 0.25) is 13.1 Å². The van der Waals surface area contributed by atoms with Crippen LogP contribution >= 0.6 is 0 Å². The third-order valence-electron chi connectivity index (χ3n) is 2.79. The van der Waals surface area contributed by atoms with E-state index in [2.05, 4.69) is 39.9 Å². The number of hydrogen-bond acceptors (Lipinski definition) is 3. The zero-order chi connectivity index (χ0) is 13.9. The molecule has 0 saturated carbocycles. The molecule has 0 fully saturated rings. The van der Waals surface area contributed by atoms with E-state index in [1.54, 1.807) is 0 Å². The summed E-state index contributed by atoms with van der Waals surface area (Å²) in [5.41, 5.74) is 9.40. The van der Waals surface area contributed by atoms with Crippen molar-refractivity contribution in [3.63, 3.8) is 0 Å². The van der Waals surface area contributed by atoms with E-state index < -0.39 is 9.04 Å². The third-order valence-corrected chi connectivity index (χ3v) is 3.51. The first-order valence-electron chi connectivity index (χ1n) is 6.02. The van der Waals surface area contributed by atoms with Crippen LogP contribution in [0.1, 0.15) is 37.5 Å². The first-order valence-corrected chi connectivity index (χ1v) is 8.43. The molecular formula is C14H21N2OSi. The minimum Gasteiger partial charge on any atom is -0.413 e. The van der Waals surface area contributed by atoms with Gasteiger partial charge in [0, 0.05) is 11.3 Å². The van der Waals surface area contributed by atoms with E-state index in [1.807, 2.05) is 12.1 Å². The molecule has 1 rings (SSSR count). The molecule has 0 spiro atoms. The van der Waals surface area contributed by atoms with Gasteiger partial charge in [-0.25, -0.2) is 0 Å². The Hall–Kier alpha value is -1.31. The summed E-state index contributed by atoms with van der Waals surface area (Å²) in [4.78, 5) is 0. The summed E-state index contributed by atoms with van der Waals surface area (Å²) in [5, 5.41) is 9.15. The largest absolute Gasteiger partial charge is 0.413 e. The van der Waals surface area contributed by atoms with Crippen LogP contribution in [-0.2, 0) is 16.4 Å². The van der Waals surface area contributed by atoms with Gasteiger partial charge in [-0.05, 0) is 30.1 Å². The number of hydrogen-bond donors (Lipinski definition) is 1. The van der Waals surface area contributed by atoms with Crippen molar-refractivity contribution in [3.05, 3.63) is 28.8 Å². The Morgan fingerprint density at radius 2 is 1.94 bits per heavy atom. The highest BCUT2D eigenvalue weighted by Gasteiger charge is 2.20. The molecule has 3 nitrogen and oxygen atoms in total. The van der Waals surface area contributed by atoms with Crippen molar-refractivity contribution >= 4 is 14.7 Å². The van der Waals surface area contributed by atoms with Crippen molar-refractivity contribution in [3.8, 4) is 6.07 Å². The molecule has 0 aliphatic rings. The zero-order valence-corrected chi connectivity index (χ0v) is 12.8. The van der Waals surface area contributed by atoms with Gasteiger partial charge in [-0.15, -0.1) is 0 Å². The molecule has 1 radical (unpaired) electrons. The van der Waals surface area contributed by atoms with E-state index in [9.17, 15) is 0 Å². The van der Waals surface area contributed by atoms with Crippen molar-refractivity contribution in [2.24, 2.45) is 0 Å². The fourth-order valence-corrected chi connectivity index (χ4v) is 2.23. The Bertz CT molecular complexity index is 470. The van der Waals surface area contributed by atoms with E-state index in [1.165, 1.54) is 0 Å². The molecule has 0 heterocycles. The molecule has 0 atom stereocenters. The maximum atomic E-state index is 9.15. The van der Waals surface area contributed by atoms with E-state index in [0.29, 0.717) is 17.9 Å². The van der Waals surface area contributed by atoms with E-state index in [-0.39, 0.29) is 5.41 Å². The predicted octanol–water partition coefficient (Wildman–Crippen LogP) is 3.21. The second-order valence-corrected chi connectivity index (χ2v) is 7.72. The average Bonchev–Trinajstić information content (AvgIpc) is 2.24. The lowest BCUT2D eigenvalue weighted by Gasteiger charge is -2.23. The number of nitrogen functional groups attached to an aromatic ring is 1. The molecule has 0 saturated heterocycles. The van der Waals surface area contributed by atoms with Crippen LogP contribution in [0.4, 0.5) is 5.69 Å². The van der Waals surface area contributed by atoms with Crippen molar-refractivity contribution in [2.75, 3.05) is 5.73 Å². The molecule has 0 aliphatic heterocycles. The molecule has 1 aromatic carbocycles. The smallest absolute Gasteiger partial charge is 0.205 e. The fraction of sp³-hybridized carbons (Fsp3) is 0.500. The number of rotatable bonds is 3. The molecule has 0 amide bonds. The van der Waals surface area contributed by atoms with Gasteiger partial charge < -0.3 is 10.2 Å². The van der Waals surface area contributed by atoms with Gasteiger partial charge in [-0.1, -0.05) is 26.8 Å². The van der Waals surface area contributed by atoms with Gasteiger partial charge in [0.1, 0.15) is 0 Å². The number of anilines is 1. The minimum absolute atomic E-state index is 0.0287. The van der Waals surface area contributed by atoms with Gasteiger partial charge in [0.05, 0.1) is 18.2 Å². The lowest BCUT2D eigenvalue weighted by molar-refractivity contribution is 0.314. The highest BCUT2D eigenvalue weighted by Crippen LogP contribution is 2.32. The SMILES string of the molecule is C[Si](C)OCc1c(C#N)ccc(C(C)(C)C)c1N. The van der Waals surface area contributed by atoms with Crippen molar-refractivity contribution in [2.45, 2.75) is 45.9 Å². The molecule has 97 valence electrons. The molecule has 4 heteroatoms. The molecule has 2 N–H and O–H groups in total. The van der Waals surface area contributed by atoms with Gasteiger partial charge >= 0.3 is 0 Å². The maximum absolute atomic E-state index is 9.15. The molecule has 1 aromatic rings. The maximum Gasteiger partial charge on any atom is 0.205 e. The van der Waals surface area contributed by atoms with Crippen molar-refractivity contribution < 1.29 is 4.43 Å². The van der Waals surface area contributed by atoms with Crippen LogP contribution in [0.5, 0.6) is 0 Å². The Labute approximate surface area is 111 Å². The van der Waals surface area contributed by atoms with Crippen LogP contribution in [0, 0.1) is 11.3 Å². The lowest BCUT2D eigenvalue weighted by atomic mass is 9.83. The van der Waals surface area contributed by atoms with Gasteiger partial charge in [-0.2, -0.15) is 5.26 Å². The molecule has 0 aromatic heterocycles. The summed E-state index contributed by atoms with van der Waals surface area (Å²) in [5.74, 6) is 0. The number of nitriles is 1. The lowest BCUT2D eigenvalue weighted by Crippen LogP contribution is -2.17. The van der Waals surface area contributed by atoms with Gasteiger partial charge in [-0.3, -0.25) is 0 Å². The fourth-order valence-electron chi connectivity index (χ4n) is 1.80. The summed E-state index contributed by atoms with van der Waals surface area (Å²) in [6.45, 7) is 10.9. The zero-order valence-electron chi connectivity index (χ0n) is 11.8. The summed E-state index contributed by atoms with van der Waals surface area (Å²) >= 11 is 0. The van der Waals surface area contributed by atoms with Gasteiger partial charge in [0.15, 0.2) is 0 Å². The van der Waals surface area contributed by atoms with Crippen LogP contribution < -0.4 is 5.73 Å². The van der Waals surface area contributed by atoms with Crippen LogP contribution in [-0.4, -0.2) is 9.04 Å². The van der Waals surface area contributed by atoms with Crippen LogP contribution in [0.25, 0.3) is 0 Å². The third kappa shape index (κ3) is 3.34. The Balaban J connectivity index is 3.24. The quantitative estimate of drug-likeness (QED) is 0.671. The first-order chi connectivity index (χ1) is 8.27. The Morgan fingerprint density at radius 3 is 2.39 bits per heavy atom. The van der Waals surface area contributed by atoms with Crippen molar-refractivity contribution in [1.29, 1.82) is 5.26 Å². The van der Waals surface area contributed by atoms with Crippen LogP contribution in [0.15, 0.2) is 12.1 Å². The highest BCUT2D eigenvalue weighted by molar-refractivity contribution is 6.48. The molecular weight excluding hydrogens is 240 g/mol. The van der Waals surface area contributed by atoms with E-state index >= 15 is 0 Å². The number of nitrogens with zero attached hydrogens (tertiary/aromatic N) is 1. The normalized spacial score (nSPS) is 11.6. The standard InChI is InChI=1S/C14H21N2OSi/c1-14(2,3)12-7-6-10(8-15)11(13(12)16)9-17-18(4)5/h6-7H,9,16H2,1-5H3. The van der Waals surface area contributed by atoms with E-state index in [4.69, 9.17) is 15.4 Å². The summed E-state index contributed by atoms with van der Waals surface area (Å²) < 4.78 is 5.69. The van der Waals surface area contributed by atoms with Gasteiger partial charge in [0.25, 0.3) is 0 Å². The first kappa shape index (κ1) is 14.7. The van der Waals surface area contributed by atoms with E-state index in [0.717, 1.165) is 11.1 Å². The van der Waals surface area contributed by atoms with Gasteiger partial charge in [0.2, 0.25) is 9.04 Å². The highest BCUT2D eigenvalue weighted by atomic mass is 28.3. The van der Waals surface area contributed by atoms with Crippen LogP contribution in [0.3, 0.4) is 0 Å². The van der Waals surface area contributed by atoms with Crippen molar-refractivity contribution in [1.82, 2.24) is 0 Å². The summed E-state index contributed by atoms with van der Waals surface area (Å²) in [7, 11) is -0.786. The summed E-state index contributed by atoms with van der Waals surface area (Å²) in [6, 6.07) is 5.98. The number of benzene rings is 1. The summed E-state index contributed by atoms with van der Waals surface area (Å²) in [6.07, 6.45) is 0. The number of nitrogens with two attached hydrogens (primary N) is 1. The predicted molar refractivity (Wildman–Crippen MR) is 76.5 cm³/mol. The Morgan fingerprint density at radius 1 is 1.33 bits per heavy atom. The minimum atomic E-state index is -0.786. The second kappa shape index (κ2) is 5.55. The molecule has 18 heavy (non-hydrogen) atoms. The molecule has 0 bridgehead atoms. The second-order valence-electron chi connectivity index (χ2n) is 5.61. The molecule has 0 unspecified atom stereocenters. The topological polar surface area (TPSA) is 59.0 Å². The Kier molecular flexibility index (Phi) is 4.55. The molecule has 0 aliphatic carbocycles. The monoisotopic (exact) mass is 261 g/mol.